The van der Waals surface area contributed by atoms with Gasteiger partial charge < -0.3 is 45.0 Å². The van der Waals surface area contributed by atoms with E-state index in [0.29, 0.717) is 0 Å². The minimum atomic E-state index is -5.44. The normalized spacial score (nSPS) is 45.7. The highest BCUT2D eigenvalue weighted by atomic mass is 31.2. The van der Waals surface area contributed by atoms with Crippen LogP contribution in [0.4, 0.5) is 0 Å². The third-order valence-corrected chi connectivity index (χ3v) is 3.00. The van der Waals surface area contributed by atoms with Gasteiger partial charge in [-0.3, -0.25) is 0 Å². The van der Waals surface area contributed by atoms with Crippen LogP contribution in [-0.4, -0.2) is 57.0 Å². The van der Waals surface area contributed by atoms with Crippen molar-refractivity contribution in [3.63, 3.8) is 0 Å². The van der Waals surface area contributed by atoms with Crippen molar-refractivity contribution in [2.75, 3.05) is 0 Å². The van der Waals surface area contributed by atoms with Gasteiger partial charge in [-0.1, -0.05) is 0 Å². The molecule has 0 spiro atoms. The summed E-state index contributed by atoms with van der Waals surface area (Å²) in [7, 11) is -5.44. The topological polar surface area (TPSA) is 181 Å². The summed E-state index contributed by atoms with van der Waals surface area (Å²) in [6.45, 7) is 0. The van der Waals surface area contributed by atoms with Crippen molar-refractivity contribution < 1.29 is 45.0 Å². The van der Waals surface area contributed by atoms with E-state index in [1.165, 1.54) is 0 Å². The fraction of sp³-hybridized carbons (Fsp3) is 1.00. The Morgan fingerprint density at radius 3 is 1.69 bits per heavy atom. The predicted molar refractivity (Wildman–Crippen MR) is 43.2 cm³/mol. The lowest BCUT2D eigenvalue weighted by atomic mass is 9.84. The molecule has 0 aromatic heterocycles. The molecule has 96 valence electrons. The minimum Gasteiger partial charge on any atom is -0.790 e. The first-order chi connectivity index (χ1) is 7.15. The molecule has 0 aliphatic heterocycles. The van der Waals surface area contributed by atoms with E-state index in [9.17, 15) is 34.8 Å². The number of phosphoric ester groups is 1. The molecule has 16 heavy (non-hydrogen) atoms. The Labute approximate surface area is 90.3 Å². The van der Waals surface area contributed by atoms with E-state index in [1.54, 1.807) is 0 Å². The minimum absolute atomic E-state index is 1.12. The van der Waals surface area contributed by atoms with Crippen LogP contribution in [0.25, 0.3) is 0 Å². The largest absolute Gasteiger partial charge is 0.790 e. The molecule has 2 unspecified atom stereocenters. The maximum atomic E-state index is 10.3. The zero-order valence-corrected chi connectivity index (χ0v) is 8.93. The molecule has 1 aliphatic carbocycles. The van der Waals surface area contributed by atoms with Crippen LogP contribution >= 0.6 is 7.82 Å². The van der Waals surface area contributed by atoms with Crippen LogP contribution in [0.1, 0.15) is 0 Å². The van der Waals surface area contributed by atoms with Crippen molar-refractivity contribution >= 4 is 7.82 Å². The van der Waals surface area contributed by atoms with E-state index in [2.05, 4.69) is 10.3 Å². The molecule has 0 aromatic carbocycles. The molecule has 1 rings (SSSR count). The SMILES string of the molecule is [NH3+]C1[C@@H](O)[C@H](O)C(OP(=O)([O-])[O-])[C@H](O)[C@H]1O. The molecule has 7 N–H and O–H groups in total. The van der Waals surface area contributed by atoms with Gasteiger partial charge in [0.2, 0.25) is 0 Å². The first-order valence-corrected chi connectivity index (χ1v) is 5.87. The number of phosphoric acid groups is 1. The molecule has 1 aliphatic rings. The molecule has 6 atom stereocenters. The van der Waals surface area contributed by atoms with Crippen LogP contribution in [-0.2, 0) is 9.09 Å². The third kappa shape index (κ3) is 2.77. The molecule has 0 heterocycles. The lowest BCUT2D eigenvalue weighted by Crippen LogP contribution is -2.80. The van der Waals surface area contributed by atoms with E-state index in [4.69, 9.17) is 0 Å². The number of rotatable bonds is 2. The fourth-order valence-electron chi connectivity index (χ4n) is 1.57. The number of hydrogen-bond donors (Lipinski definition) is 5. The molecule has 1 fully saturated rings. The van der Waals surface area contributed by atoms with Gasteiger partial charge >= 0.3 is 0 Å². The molecule has 9 nitrogen and oxygen atoms in total. The molecule has 0 amide bonds. The van der Waals surface area contributed by atoms with Crippen LogP contribution < -0.4 is 15.5 Å². The molecular formula is C6H13NO8P-. The highest BCUT2D eigenvalue weighted by molar-refractivity contribution is 7.43. The Bertz CT molecular complexity index is 278. The van der Waals surface area contributed by atoms with Gasteiger partial charge in [-0.15, -0.1) is 0 Å². The predicted octanol–water partition coefficient (Wildman–Crippen LogP) is -5.73. The second-order valence-corrected chi connectivity index (χ2v) is 4.75. The zero-order valence-electron chi connectivity index (χ0n) is 8.04. The van der Waals surface area contributed by atoms with Gasteiger partial charge in [0.15, 0.2) is 0 Å². The Hall–Kier alpha value is -0.0900. The second-order valence-electron chi connectivity index (χ2n) is 3.64. The van der Waals surface area contributed by atoms with Crippen LogP contribution in [0, 0.1) is 0 Å². The van der Waals surface area contributed by atoms with Crippen molar-refractivity contribution in [2.45, 2.75) is 36.6 Å². The van der Waals surface area contributed by atoms with Gasteiger partial charge in [0, 0.05) is 0 Å². The Morgan fingerprint density at radius 1 is 1.00 bits per heavy atom. The number of aliphatic hydroxyl groups is 4. The summed E-state index contributed by atoms with van der Waals surface area (Å²) in [5, 5.41) is 37.4. The molecule has 1 saturated carbocycles. The van der Waals surface area contributed by atoms with Gasteiger partial charge in [0.25, 0.3) is 0 Å². The van der Waals surface area contributed by atoms with Crippen LogP contribution in [0.3, 0.4) is 0 Å². The van der Waals surface area contributed by atoms with E-state index in [-0.39, 0.29) is 0 Å². The standard InChI is InChI=1S/C6H14NO8P/c7-1-2(8)4(10)6(5(11)3(1)9)15-16(12,13)14/h1-6,8-11H,7H2,(H2,12,13,14)/p-1/t1?,2-,3+,4+,5-,6?. The maximum absolute atomic E-state index is 10.3. The van der Waals surface area contributed by atoms with E-state index in [0.717, 1.165) is 0 Å². The first kappa shape index (κ1) is 14.0. The van der Waals surface area contributed by atoms with Crippen molar-refractivity contribution in [3.05, 3.63) is 0 Å². The lowest BCUT2D eigenvalue weighted by molar-refractivity contribution is -0.475. The van der Waals surface area contributed by atoms with Gasteiger partial charge in [0.1, 0.15) is 36.6 Å². The average molecular weight is 258 g/mol. The summed E-state index contributed by atoms with van der Waals surface area (Å²) >= 11 is 0. The number of aliphatic hydroxyl groups excluding tert-OH is 4. The summed E-state index contributed by atoms with van der Waals surface area (Å²) in [5.74, 6) is 0. The Morgan fingerprint density at radius 2 is 1.38 bits per heavy atom. The molecular weight excluding hydrogens is 245 g/mol. The number of hydrogen-bond acceptors (Lipinski definition) is 8. The van der Waals surface area contributed by atoms with Gasteiger partial charge in [0.05, 0.1) is 7.82 Å². The monoisotopic (exact) mass is 258 g/mol. The van der Waals surface area contributed by atoms with Crippen molar-refractivity contribution in [3.8, 4) is 0 Å². The highest BCUT2D eigenvalue weighted by Crippen LogP contribution is 2.33. The summed E-state index contributed by atoms with van der Waals surface area (Å²) in [6.07, 6.45) is -8.75. The van der Waals surface area contributed by atoms with Crippen molar-refractivity contribution in [1.82, 2.24) is 0 Å². The zero-order chi connectivity index (χ0) is 12.7. The van der Waals surface area contributed by atoms with Gasteiger partial charge in [-0.05, 0) is 0 Å². The Kier molecular flexibility index (Phi) is 4.06. The van der Waals surface area contributed by atoms with Crippen LogP contribution in [0.2, 0.25) is 0 Å². The molecule has 10 heteroatoms. The summed E-state index contributed by atoms with van der Waals surface area (Å²) in [5.41, 5.74) is 3.29. The first-order valence-electron chi connectivity index (χ1n) is 4.41. The highest BCUT2D eigenvalue weighted by Gasteiger charge is 2.50. The van der Waals surface area contributed by atoms with E-state index >= 15 is 0 Å². The quantitative estimate of drug-likeness (QED) is 0.303. The molecule has 0 saturated heterocycles. The van der Waals surface area contributed by atoms with E-state index < -0.39 is 44.4 Å². The lowest BCUT2D eigenvalue weighted by Gasteiger charge is -2.44. The molecule has 0 aromatic rings. The average Bonchev–Trinajstić information content (AvgIpc) is 2.17. The Balaban J connectivity index is 2.87. The fourth-order valence-corrected chi connectivity index (χ4v) is 2.12. The number of quaternary nitrogens is 1. The smallest absolute Gasteiger partial charge is 0.142 e. The van der Waals surface area contributed by atoms with Crippen LogP contribution in [0.15, 0.2) is 0 Å². The third-order valence-electron chi connectivity index (χ3n) is 2.50. The second kappa shape index (κ2) is 4.65. The summed E-state index contributed by atoms with van der Waals surface area (Å²) in [4.78, 5) is 20.7. The molecule has 0 radical (unpaired) electrons. The summed E-state index contributed by atoms with van der Waals surface area (Å²) < 4.78 is 14.2. The van der Waals surface area contributed by atoms with E-state index in [1.807, 2.05) is 0 Å². The van der Waals surface area contributed by atoms with Crippen molar-refractivity contribution in [2.24, 2.45) is 0 Å². The van der Waals surface area contributed by atoms with Gasteiger partial charge in [-0.25, -0.2) is 0 Å². The molecule has 0 bridgehead atoms. The summed E-state index contributed by atoms with van der Waals surface area (Å²) in [6, 6.07) is -1.12. The van der Waals surface area contributed by atoms with Gasteiger partial charge in [-0.2, -0.15) is 0 Å². The van der Waals surface area contributed by atoms with Crippen LogP contribution in [0.5, 0.6) is 0 Å². The van der Waals surface area contributed by atoms with Crippen molar-refractivity contribution in [1.29, 1.82) is 0 Å². The maximum Gasteiger partial charge on any atom is 0.142 e.